The number of nitrogens with one attached hydrogen (secondary N) is 1. The van der Waals surface area contributed by atoms with Gasteiger partial charge in [-0.3, -0.25) is 0 Å². The molecule has 0 aliphatic heterocycles. The second-order valence-electron chi connectivity index (χ2n) is 2.92. The van der Waals surface area contributed by atoms with E-state index in [-0.39, 0.29) is 11.0 Å². The topological polar surface area (TPSA) is 12.0 Å². The van der Waals surface area contributed by atoms with Crippen molar-refractivity contribution >= 4 is 21.6 Å². The number of alkyl halides is 3. The normalized spacial score (nSPS) is 11.5. The predicted molar refractivity (Wildman–Crippen MR) is 53.3 cm³/mol. The van der Waals surface area contributed by atoms with Gasteiger partial charge in [-0.2, -0.15) is 13.2 Å². The van der Waals surface area contributed by atoms with Crippen molar-refractivity contribution in [1.29, 1.82) is 0 Å². The van der Waals surface area contributed by atoms with Crippen LogP contribution in [-0.4, -0.2) is 12.7 Å². The Morgan fingerprint density at radius 1 is 1.27 bits per heavy atom. The van der Waals surface area contributed by atoms with Crippen LogP contribution in [0.1, 0.15) is 6.42 Å². The van der Waals surface area contributed by atoms with Gasteiger partial charge in [0.2, 0.25) is 0 Å². The Bertz CT molecular complexity index is 337. The molecule has 0 atom stereocenters. The molecular weight excluding hydrogens is 278 g/mol. The minimum atomic E-state index is -4.18. The highest BCUT2D eigenvalue weighted by atomic mass is 79.9. The molecule has 1 aromatic carbocycles. The maximum absolute atomic E-state index is 12.8. The first-order chi connectivity index (χ1) is 6.88. The summed E-state index contributed by atoms with van der Waals surface area (Å²) < 4.78 is 48.4. The van der Waals surface area contributed by atoms with Crippen LogP contribution < -0.4 is 5.32 Å². The van der Waals surface area contributed by atoms with E-state index in [1.807, 2.05) is 0 Å². The molecule has 0 aromatic heterocycles. The van der Waals surface area contributed by atoms with Crippen LogP contribution in [0.3, 0.4) is 0 Å². The summed E-state index contributed by atoms with van der Waals surface area (Å²) >= 11 is 2.94. The molecule has 0 radical (unpaired) electrons. The van der Waals surface area contributed by atoms with E-state index in [0.717, 1.165) is 0 Å². The fourth-order valence-corrected chi connectivity index (χ4v) is 1.33. The summed E-state index contributed by atoms with van der Waals surface area (Å²) in [6.45, 7) is -0.221. The van der Waals surface area contributed by atoms with Crippen LogP contribution in [-0.2, 0) is 0 Å². The molecule has 0 amide bonds. The molecule has 1 N–H and O–H groups in total. The molecule has 84 valence electrons. The van der Waals surface area contributed by atoms with Crippen LogP contribution in [0.5, 0.6) is 0 Å². The maximum atomic E-state index is 12.8. The zero-order chi connectivity index (χ0) is 11.5. The van der Waals surface area contributed by atoms with Crippen LogP contribution in [0, 0.1) is 5.82 Å². The van der Waals surface area contributed by atoms with E-state index in [1.165, 1.54) is 18.2 Å². The number of halogens is 5. The lowest BCUT2D eigenvalue weighted by Gasteiger charge is -2.09. The van der Waals surface area contributed by atoms with Crippen molar-refractivity contribution in [3.63, 3.8) is 0 Å². The summed E-state index contributed by atoms with van der Waals surface area (Å²) in [7, 11) is 0. The monoisotopic (exact) mass is 285 g/mol. The molecule has 1 nitrogen and oxygen atoms in total. The average molecular weight is 286 g/mol. The summed E-state index contributed by atoms with van der Waals surface area (Å²) in [5.74, 6) is -0.448. The fraction of sp³-hybridized carbons (Fsp3) is 0.333. The van der Waals surface area contributed by atoms with Crippen LogP contribution in [0.4, 0.5) is 23.2 Å². The molecule has 15 heavy (non-hydrogen) atoms. The van der Waals surface area contributed by atoms with E-state index in [2.05, 4.69) is 21.2 Å². The summed E-state index contributed by atoms with van der Waals surface area (Å²) in [6.07, 6.45) is -5.09. The third kappa shape index (κ3) is 4.51. The third-order valence-electron chi connectivity index (χ3n) is 1.66. The minimum absolute atomic E-state index is 0.221. The smallest absolute Gasteiger partial charge is 0.385 e. The van der Waals surface area contributed by atoms with Gasteiger partial charge in [0.1, 0.15) is 5.82 Å². The Hall–Kier alpha value is -0.780. The van der Waals surface area contributed by atoms with E-state index < -0.39 is 18.4 Å². The van der Waals surface area contributed by atoms with Gasteiger partial charge in [-0.05, 0) is 34.1 Å². The number of hydrogen-bond acceptors (Lipinski definition) is 1. The second-order valence-corrected chi connectivity index (χ2v) is 3.78. The van der Waals surface area contributed by atoms with E-state index in [4.69, 9.17) is 0 Å². The lowest BCUT2D eigenvalue weighted by atomic mass is 10.3. The Morgan fingerprint density at radius 2 is 1.93 bits per heavy atom. The van der Waals surface area contributed by atoms with E-state index in [1.54, 1.807) is 0 Å². The fourth-order valence-electron chi connectivity index (χ4n) is 0.955. The van der Waals surface area contributed by atoms with E-state index in [0.29, 0.717) is 5.69 Å². The van der Waals surface area contributed by atoms with Crippen LogP contribution >= 0.6 is 15.9 Å². The van der Waals surface area contributed by atoms with Crippen molar-refractivity contribution in [3.05, 3.63) is 28.5 Å². The van der Waals surface area contributed by atoms with Crippen LogP contribution in [0.2, 0.25) is 0 Å². The Balaban J connectivity index is 2.48. The highest BCUT2D eigenvalue weighted by molar-refractivity contribution is 9.10. The Kier molecular flexibility index (Phi) is 3.96. The van der Waals surface area contributed by atoms with Gasteiger partial charge < -0.3 is 5.32 Å². The summed E-state index contributed by atoms with van der Waals surface area (Å²) in [6, 6.07) is 3.96. The first-order valence-corrected chi connectivity index (χ1v) is 4.93. The van der Waals surface area contributed by atoms with Gasteiger partial charge >= 0.3 is 6.18 Å². The minimum Gasteiger partial charge on any atom is -0.385 e. The predicted octanol–water partition coefficient (Wildman–Crippen LogP) is 3.95. The summed E-state index contributed by atoms with van der Waals surface area (Å²) in [5, 5.41) is 2.55. The number of hydrogen-bond donors (Lipinski definition) is 1. The lowest BCUT2D eigenvalue weighted by Crippen LogP contribution is -2.14. The summed E-state index contributed by atoms with van der Waals surface area (Å²) in [5.41, 5.74) is 0.451. The molecule has 6 heteroatoms. The third-order valence-corrected chi connectivity index (χ3v) is 2.26. The molecule has 1 rings (SSSR count). The van der Waals surface area contributed by atoms with Gasteiger partial charge in [0, 0.05) is 12.2 Å². The van der Waals surface area contributed by atoms with E-state index in [9.17, 15) is 17.6 Å². The molecule has 1 aromatic rings. The first kappa shape index (κ1) is 12.3. The molecule has 0 heterocycles. The molecule has 0 spiro atoms. The number of benzene rings is 1. The zero-order valence-electron chi connectivity index (χ0n) is 7.54. The van der Waals surface area contributed by atoms with Crippen molar-refractivity contribution in [2.75, 3.05) is 11.9 Å². The highest BCUT2D eigenvalue weighted by Crippen LogP contribution is 2.22. The molecular formula is C9H8BrF4N. The average Bonchev–Trinajstić information content (AvgIpc) is 2.09. The van der Waals surface area contributed by atoms with Gasteiger partial charge in [0.25, 0.3) is 0 Å². The molecule has 0 saturated carbocycles. The number of anilines is 1. The van der Waals surface area contributed by atoms with Gasteiger partial charge in [-0.15, -0.1) is 0 Å². The SMILES string of the molecule is Fc1ccc(NCCC(F)(F)F)cc1Br. The van der Waals surface area contributed by atoms with Crippen molar-refractivity contribution in [2.45, 2.75) is 12.6 Å². The lowest BCUT2D eigenvalue weighted by molar-refractivity contribution is -0.131. The molecule has 0 bridgehead atoms. The Morgan fingerprint density at radius 3 is 2.47 bits per heavy atom. The van der Waals surface area contributed by atoms with Crippen molar-refractivity contribution in [2.24, 2.45) is 0 Å². The Labute approximate surface area is 92.6 Å². The molecule has 0 saturated heterocycles. The quantitative estimate of drug-likeness (QED) is 0.829. The molecule has 0 aliphatic carbocycles. The second kappa shape index (κ2) is 4.83. The maximum Gasteiger partial charge on any atom is 0.390 e. The standard InChI is InChI=1S/C9H8BrF4N/c10-7-5-6(1-2-8(7)11)15-4-3-9(12,13)14/h1-2,5,15H,3-4H2. The largest absolute Gasteiger partial charge is 0.390 e. The first-order valence-electron chi connectivity index (χ1n) is 4.14. The van der Waals surface area contributed by atoms with Gasteiger partial charge in [-0.25, -0.2) is 4.39 Å². The number of rotatable bonds is 3. The highest BCUT2D eigenvalue weighted by Gasteiger charge is 2.26. The van der Waals surface area contributed by atoms with E-state index >= 15 is 0 Å². The van der Waals surface area contributed by atoms with Crippen molar-refractivity contribution in [3.8, 4) is 0 Å². The van der Waals surface area contributed by atoms with Crippen LogP contribution in [0.15, 0.2) is 22.7 Å². The van der Waals surface area contributed by atoms with Crippen molar-refractivity contribution in [1.82, 2.24) is 0 Å². The van der Waals surface area contributed by atoms with Crippen LogP contribution in [0.25, 0.3) is 0 Å². The summed E-state index contributed by atoms with van der Waals surface area (Å²) in [4.78, 5) is 0. The molecule has 0 fully saturated rings. The van der Waals surface area contributed by atoms with Gasteiger partial charge in [-0.1, -0.05) is 0 Å². The van der Waals surface area contributed by atoms with Crippen molar-refractivity contribution < 1.29 is 17.6 Å². The zero-order valence-corrected chi connectivity index (χ0v) is 9.12. The van der Waals surface area contributed by atoms with Gasteiger partial charge in [0.15, 0.2) is 0 Å². The van der Waals surface area contributed by atoms with Gasteiger partial charge in [0.05, 0.1) is 10.9 Å². The molecule has 0 unspecified atom stereocenters. The molecule has 0 aliphatic rings.